The molecular weight excluding hydrogens is 831 g/mol. The zero-order valence-electron chi connectivity index (χ0n) is 39.3. The van der Waals surface area contributed by atoms with Crippen molar-refractivity contribution in [2.75, 3.05) is 27.3 Å². The van der Waals surface area contributed by atoms with Gasteiger partial charge in [-0.3, -0.25) is 24.2 Å². The lowest BCUT2D eigenvalue weighted by atomic mass is 9.73. The van der Waals surface area contributed by atoms with Crippen molar-refractivity contribution in [2.45, 2.75) is 156 Å². The molecule has 1 amide bonds. The van der Waals surface area contributed by atoms with Crippen LogP contribution in [0.3, 0.4) is 0 Å². The number of aliphatic hydroxyl groups is 1. The number of fused-ring (bicyclic) bond motifs is 5. The summed E-state index contributed by atoms with van der Waals surface area (Å²) in [5, 5.41) is 20.7. The highest BCUT2D eigenvalue weighted by Crippen LogP contribution is 2.40. The van der Waals surface area contributed by atoms with Gasteiger partial charge < -0.3 is 47.8 Å². The largest absolute Gasteiger partial charge is 0.459 e. The van der Waals surface area contributed by atoms with Crippen molar-refractivity contribution in [3.05, 3.63) is 36.3 Å². The zero-order valence-corrected chi connectivity index (χ0v) is 39.3. The van der Waals surface area contributed by atoms with E-state index >= 15 is 0 Å². The maximum Gasteiger partial charge on any atom is 0.316 e. The predicted octanol–water partition coefficient (Wildman–Crippen LogP) is 5.13. The van der Waals surface area contributed by atoms with E-state index in [2.05, 4.69) is 20.3 Å². The molecule has 1 N–H and O–H groups in total. The molecule has 0 unspecified atom stereocenters. The van der Waals surface area contributed by atoms with E-state index < -0.39 is 89.2 Å². The Labute approximate surface area is 375 Å². The van der Waals surface area contributed by atoms with Crippen molar-refractivity contribution in [2.24, 2.45) is 33.8 Å². The van der Waals surface area contributed by atoms with E-state index in [1.54, 1.807) is 59.1 Å². The molecule has 0 spiro atoms. The number of oxime groups is 1. The summed E-state index contributed by atoms with van der Waals surface area (Å²) in [6, 6.07) is 4.98. The molecule has 0 aromatic carbocycles. The SMILES string of the molecule is CCC(=O)N=C1[C@H](C)C[C@@]2(C)OCC(=NOCc3ccc(-c4ccno4)cn3)CO[C@H]([C@H]1C)[C@](C)(O)[C@@H](CC)OC(=O)[C@H](C)C(=O)[C@H](C)[C@H]2O[C@@H]1O[C@H](C)C[C@H](N(C)C)[C@H]1OC(C)=O. The van der Waals surface area contributed by atoms with Crippen LogP contribution < -0.4 is 0 Å². The lowest BCUT2D eigenvalue weighted by molar-refractivity contribution is -0.298. The van der Waals surface area contributed by atoms with Gasteiger partial charge in [-0.2, -0.15) is 0 Å². The molecule has 3 aliphatic heterocycles. The minimum absolute atomic E-state index is 0.0349. The summed E-state index contributed by atoms with van der Waals surface area (Å²) in [5.74, 6) is -5.43. The molecule has 3 fully saturated rings. The van der Waals surface area contributed by atoms with Gasteiger partial charge in [0.2, 0.25) is 5.91 Å². The number of cyclic esters (lactones) is 1. The van der Waals surface area contributed by atoms with Gasteiger partial charge in [0, 0.05) is 48.7 Å². The number of carbonyl (C=O) groups is 4. The third-order valence-corrected chi connectivity index (χ3v) is 12.6. The quantitative estimate of drug-likeness (QED) is 0.186. The van der Waals surface area contributed by atoms with E-state index in [1.165, 1.54) is 20.8 Å². The highest BCUT2D eigenvalue weighted by atomic mass is 16.7. The first-order valence-electron chi connectivity index (χ1n) is 22.2. The van der Waals surface area contributed by atoms with Crippen molar-refractivity contribution < 1.29 is 62.1 Å². The van der Waals surface area contributed by atoms with Crippen molar-refractivity contribution in [1.29, 1.82) is 0 Å². The van der Waals surface area contributed by atoms with Gasteiger partial charge in [0.15, 0.2) is 30.5 Å². The van der Waals surface area contributed by atoms with Crippen LogP contribution in [0.5, 0.6) is 0 Å². The number of nitrogens with zero attached hydrogens (tertiary/aromatic N) is 5. The molecule has 2 bridgehead atoms. The Morgan fingerprint density at radius 3 is 2.38 bits per heavy atom. The van der Waals surface area contributed by atoms with E-state index in [1.807, 2.05) is 38.9 Å². The van der Waals surface area contributed by atoms with Crippen molar-refractivity contribution >= 4 is 35.1 Å². The van der Waals surface area contributed by atoms with Crippen LogP contribution in [0.25, 0.3) is 11.3 Å². The summed E-state index contributed by atoms with van der Waals surface area (Å²) < 4.78 is 44.1. The van der Waals surface area contributed by atoms with Gasteiger partial charge in [-0.1, -0.05) is 44.9 Å². The molecule has 354 valence electrons. The second kappa shape index (κ2) is 21.7. The minimum Gasteiger partial charge on any atom is -0.459 e. The number of amides is 1. The lowest BCUT2D eigenvalue weighted by Gasteiger charge is -2.48. The fourth-order valence-corrected chi connectivity index (χ4v) is 9.16. The van der Waals surface area contributed by atoms with Crippen LogP contribution in [0.15, 0.2) is 45.3 Å². The number of hydrogen-bond acceptors (Lipinski definition) is 17. The molecule has 3 saturated heterocycles. The van der Waals surface area contributed by atoms with Crippen LogP contribution >= 0.6 is 0 Å². The number of rotatable bonds is 10. The summed E-state index contributed by atoms with van der Waals surface area (Å²) >= 11 is 0. The Morgan fingerprint density at radius 1 is 1.03 bits per heavy atom. The third-order valence-electron chi connectivity index (χ3n) is 12.6. The number of esters is 2. The number of aliphatic imine (C=N–C) groups is 1. The van der Waals surface area contributed by atoms with Crippen LogP contribution in [-0.2, 0) is 59.0 Å². The number of likely N-dealkylation sites (N-methyl/N-ethyl adjacent to an activating group) is 1. The lowest BCUT2D eigenvalue weighted by Crippen LogP contribution is -2.60. The van der Waals surface area contributed by atoms with E-state index in [4.69, 9.17) is 37.8 Å². The van der Waals surface area contributed by atoms with E-state index in [0.29, 0.717) is 23.6 Å². The molecule has 18 heteroatoms. The normalized spacial score (nSPS) is 35.9. The topological polar surface area (TPSA) is 220 Å². The average Bonchev–Trinajstić information content (AvgIpc) is 3.79. The highest BCUT2D eigenvalue weighted by Gasteiger charge is 2.53. The number of Topliss-reactive ketones (excluding diaryl/α,β-unsaturated/α-hetero) is 1. The zero-order chi connectivity index (χ0) is 47.1. The fourth-order valence-electron chi connectivity index (χ4n) is 9.16. The van der Waals surface area contributed by atoms with Crippen LogP contribution in [0.1, 0.15) is 101 Å². The summed E-state index contributed by atoms with van der Waals surface area (Å²) in [4.78, 5) is 71.5. The Balaban J connectivity index is 1.67. The van der Waals surface area contributed by atoms with E-state index in [9.17, 15) is 24.3 Å². The van der Waals surface area contributed by atoms with Crippen molar-refractivity contribution in [3.63, 3.8) is 0 Å². The van der Waals surface area contributed by atoms with Gasteiger partial charge in [0.1, 0.15) is 23.3 Å². The standard InChI is InChI=1S/C46H67N5O13/c1-13-36-46(10,56)42-27(5)38(49-37(53)14-2)25(3)20-45(9,58-23-33(22-57-42)50-59-24-32-16-15-31(21-47-32)35-17-18-48-64-35)41(28(6)39(54)29(7)43(55)62-36)63-44-40(61-30(8)52)34(51(11)12)19-26(4)60-44/h15-18,21,25-29,34,36,40-42,44,56H,13-14,19-20,22-24H2,1-12H3/t25-,26-,27+,28+,29-,34+,36-,40-,41-,42-,44+,45-,46-/m1/s1. The summed E-state index contributed by atoms with van der Waals surface area (Å²) in [6.07, 6.45) is -1.88. The number of ketones is 1. The molecule has 13 atom stereocenters. The van der Waals surface area contributed by atoms with E-state index in [-0.39, 0.29) is 56.9 Å². The summed E-state index contributed by atoms with van der Waals surface area (Å²) in [6.45, 7) is 16.2. The van der Waals surface area contributed by atoms with E-state index in [0.717, 1.165) is 5.56 Å². The average molecular weight is 898 g/mol. The number of aromatic nitrogens is 2. The summed E-state index contributed by atoms with van der Waals surface area (Å²) in [5.41, 5.74) is -1.39. The van der Waals surface area contributed by atoms with Crippen LogP contribution in [0.2, 0.25) is 0 Å². The molecule has 5 rings (SSSR count). The number of pyridine rings is 1. The molecule has 64 heavy (non-hydrogen) atoms. The van der Waals surface area contributed by atoms with Crippen LogP contribution in [0.4, 0.5) is 0 Å². The Bertz CT molecular complexity index is 1970. The number of ether oxygens (including phenoxy) is 6. The highest BCUT2D eigenvalue weighted by molar-refractivity contribution is 6.00. The molecular formula is C46H67N5O13. The van der Waals surface area contributed by atoms with Crippen LogP contribution in [-0.4, -0.2) is 137 Å². The first kappa shape index (κ1) is 50.5. The molecule has 0 saturated carbocycles. The second-order valence-electron chi connectivity index (χ2n) is 18.0. The fraction of sp³-hybridized carbons (Fsp3) is 0.696. The Morgan fingerprint density at radius 2 is 1.77 bits per heavy atom. The predicted molar refractivity (Wildman–Crippen MR) is 233 cm³/mol. The van der Waals surface area contributed by atoms with Gasteiger partial charge >= 0.3 is 11.9 Å². The van der Waals surface area contributed by atoms with Gasteiger partial charge in [0.25, 0.3) is 0 Å². The molecule has 2 aromatic heterocycles. The number of hydrogen-bond donors (Lipinski definition) is 1. The van der Waals surface area contributed by atoms with Crippen LogP contribution in [0, 0.1) is 23.7 Å². The monoisotopic (exact) mass is 897 g/mol. The first-order chi connectivity index (χ1) is 30.2. The van der Waals surface area contributed by atoms with Crippen molar-refractivity contribution in [1.82, 2.24) is 15.0 Å². The molecule has 18 nitrogen and oxygen atoms in total. The van der Waals surface area contributed by atoms with Gasteiger partial charge in [-0.25, -0.2) is 4.99 Å². The number of carbonyl (C=O) groups excluding carboxylic acids is 4. The molecule has 3 aliphatic rings. The van der Waals surface area contributed by atoms with Crippen molar-refractivity contribution in [3.8, 4) is 11.3 Å². The molecule has 0 aliphatic carbocycles. The minimum atomic E-state index is -1.88. The molecule has 5 heterocycles. The third kappa shape index (κ3) is 11.9. The maximum absolute atomic E-state index is 14.7. The van der Waals surface area contributed by atoms with Gasteiger partial charge in [-0.05, 0) is 79.1 Å². The van der Waals surface area contributed by atoms with Gasteiger partial charge in [0.05, 0.1) is 55.1 Å². The first-order valence-corrected chi connectivity index (χ1v) is 22.2. The maximum atomic E-state index is 14.7. The van der Waals surface area contributed by atoms with Gasteiger partial charge in [-0.15, -0.1) is 0 Å². The smallest absolute Gasteiger partial charge is 0.316 e. The molecule has 2 aromatic rings. The molecule has 0 radical (unpaired) electrons. The Hall–Kier alpha value is -4.46. The summed E-state index contributed by atoms with van der Waals surface area (Å²) in [7, 11) is 3.74. The second-order valence-corrected chi connectivity index (χ2v) is 18.0. The Kier molecular flexibility index (Phi) is 17.1.